The van der Waals surface area contributed by atoms with Crippen molar-refractivity contribution in [3.63, 3.8) is 0 Å². The van der Waals surface area contributed by atoms with Gasteiger partial charge in [-0.2, -0.15) is 5.10 Å². The summed E-state index contributed by atoms with van der Waals surface area (Å²) in [4.78, 5) is 24.0. The third kappa shape index (κ3) is 3.68. The lowest BCUT2D eigenvalue weighted by molar-refractivity contribution is 0.101. The molecule has 0 fully saturated rings. The highest BCUT2D eigenvalue weighted by molar-refractivity contribution is 6.30. The summed E-state index contributed by atoms with van der Waals surface area (Å²) in [5, 5.41) is 7.80. The number of carbonyl (C=O) groups excluding carboxylic acids is 2. The van der Waals surface area contributed by atoms with Gasteiger partial charge in [0.05, 0.1) is 23.1 Å². The largest absolute Gasteiger partial charge is 0.322 e. The van der Waals surface area contributed by atoms with Gasteiger partial charge in [0, 0.05) is 16.3 Å². The van der Waals surface area contributed by atoms with Gasteiger partial charge in [0.1, 0.15) is 0 Å². The smallest absolute Gasteiger partial charge is 0.259 e. The molecule has 6 heteroatoms. The van der Waals surface area contributed by atoms with Gasteiger partial charge in [0.15, 0.2) is 5.78 Å². The molecule has 0 spiro atoms. The molecule has 2 aromatic carbocycles. The first kappa shape index (κ1) is 17.9. The molecule has 3 rings (SSSR count). The normalized spacial score (nSPS) is 10.6. The molecule has 1 heterocycles. The Labute approximate surface area is 156 Å². The number of halogens is 1. The van der Waals surface area contributed by atoms with Gasteiger partial charge in [0.25, 0.3) is 5.91 Å². The van der Waals surface area contributed by atoms with Crippen LogP contribution >= 0.6 is 11.6 Å². The summed E-state index contributed by atoms with van der Waals surface area (Å²) in [5.41, 5.74) is 3.33. The second-order valence-electron chi connectivity index (χ2n) is 5.84. The summed E-state index contributed by atoms with van der Waals surface area (Å²) >= 11 is 6.06. The summed E-state index contributed by atoms with van der Waals surface area (Å²) in [5.74, 6) is -0.260. The predicted molar refractivity (Wildman–Crippen MR) is 102 cm³/mol. The van der Waals surface area contributed by atoms with Crippen LogP contribution in [0.3, 0.4) is 0 Å². The number of nitrogens with one attached hydrogen (secondary N) is 1. The summed E-state index contributed by atoms with van der Waals surface area (Å²) in [7, 11) is 0. The van der Waals surface area contributed by atoms with E-state index in [1.165, 1.54) is 6.92 Å². The molecule has 0 aliphatic heterocycles. The van der Waals surface area contributed by atoms with Crippen molar-refractivity contribution in [2.24, 2.45) is 0 Å². The van der Waals surface area contributed by atoms with Gasteiger partial charge in [-0.15, -0.1) is 0 Å². The Morgan fingerprint density at radius 3 is 2.50 bits per heavy atom. The van der Waals surface area contributed by atoms with Crippen LogP contribution in [-0.2, 0) is 6.42 Å². The van der Waals surface area contributed by atoms with Crippen LogP contribution in [-0.4, -0.2) is 21.5 Å². The number of aromatic nitrogens is 2. The quantitative estimate of drug-likeness (QED) is 0.673. The van der Waals surface area contributed by atoms with E-state index in [1.54, 1.807) is 47.3 Å². The fourth-order valence-corrected chi connectivity index (χ4v) is 2.91. The van der Waals surface area contributed by atoms with E-state index in [2.05, 4.69) is 10.4 Å². The van der Waals surface area contributed by atoms with E-state index in [9.17, 15) is 9.59 Å². The number of benzene rings is 2. The van der Waals surface area contributed by atoms with Crippen LogP contribution in [0.25, 0.3) is 5.69 Å². The molecule has 0 aliphatic rings. The van der Waals surface area contributed by atoms with E-state index < -0.39 is 0 Å². The maximum atomic E-state index is 12.7. The summed E-state index contributed by atoms with van der Waals surface area (Å²) < 4.78 is 1.72. The highest BCUT2D eigenvalue weighted by Gasteiger charge is 2.17. The van der Waals surface area contributed by atoms with E-state index in [0.29, 0.717) is 28.3 Å². The Morgan fingerprint density at radius 1 is 1.15 bits per heavy atom. The Morgan fingerprint density at radius 2 is 1.88 bits per heavy atom. The Hall–Kier alpha value is -2.92. The molecular weight excluding hydrogens is 350 g/mol. The van der Waals surface area contributed by atoms with Gasteiger partial charge in [-0.25, -0.2) is 4.68 Å². The summed E-state index contributed by atoms with van der Waals surface area (Å²) in [6.07, 6.45) is 2.19. The number of hydrogen-bond acceptors (Lipinski definition) is 3. The molecule has 132 valence electrons. The van der Waals surface area contributed by atoms with Crippen LogP contribution in [0.1, 0.15) is 40.3 Å². The van der Waals surface area contributed by atoms with Crippen molar-refractivity contribution in [1.82, 2.24) is 9.78 Å². The zero-order valence-corrected chi connectivity index (χ0v) is 15.2. The first-order valence-corrected chi connectivity index (χ1v) is 8.62. The monoisotopic (exact) mass is 367 g/mol. The standard InChI is InChI=1S/C20H18ClN3O2/c1-3-19-18(12-22-24(19)17-6-4-5-15(21)11-17)20(26)23-16-9-7-14(8-10-16)13(2)25/h4-12H,3H2,1-2H3,(H,23,26). The Bertz CT molecular complexity index is 961. The van der Waals surface area contributed by atoms with Crippen LogP contribution in [0.4, 0.5) is 5.69 Å². The minimum absolute atomic E-state index is 0.0149. The first-order chi connectivity index (χ1) is 12.5. The lowest BCUT2D eigenvalue weighted by Crippen LogP contribution is -2.14. The minimum atomic E-state index is -0.245. The highest BCUT2D eigenvalue weighted by Crippen LogP contribution is 2.20. The van der Waals surface area contributed by atoms with Gasteiger partial charge in [-0.1, -0.05) is 24.6 Å². The van der Waals surface area contributed by atoms with Crippen LogP contribution < -0.4 is 5.32 Å². The number of anilines is 1. The van der Waals surface area contributed by atoms with Crippen molar-refractivity contribution < 1.29 is 9.59 Å². The van der Waals surface area contributed by atoms with E-state index in [4.69, 9.17) is 11.6 Å². The van der Waals surface area contributed by atoms with E-state index >= 15 is 0 Å². The molecular formula is C20H18ClN3O2. The van der Waals surface area contributed by atoms with Gasteiger partial charge in [0.2, 0.25) is 0 Å². The van der Waals surface area contributed by atoms with Gasteiger partial charge in [-0.3, -0.25) is 9.59 Å². The zero-order chi connectivity index (χ0) is 18.7. The lowest BCUT2D eigenvalue weighted by Gasteiger charge is -2.09. The summed E-state index contributed by atoms with van der Waals surface area (Å²) in [6, 6.07) is 14.1. The fraction of sp³-hybridized carbons (Fsp3) is 0.150. The van der Waals surface area contributed by atoms with Crippen LogP contribution in [0.15, 0.2) is 54.7 Å². The Kier molecular flexibility index (Phi) is 5.19. The molecule has 0 aliphatic carbocycles. The average Bonchev–Trinajstić information content (AvgIpc) is 3.06. The molecule has 0 radical (unpaired) electrons. The minimum Gasteiger partial charge on any atom is -0.322 e. The number of hydrogen-bond donors (Lipinski definition) is 1. The zero-order valence-electron chi connectivity index (χ0n) is 14.5. The number of nitrogens with zero attached hydrogens (tertiary/aromatic N) is 2. The van der Waals surface area contributed by atoms with Crippen LogP contribution in [0, 0.1) is 0 Å². The molecule has 26 heavy (non-hydrogen) atoms. The molecule has 0 bridgehead atoms. The molecule has 5 nitrogen and oxygen atoms in total. The van der Waals surface area contributed by atoms with Crippen molar-refractivity contribution >= 4 is 29.0 Å². The molecule has 1 amide bonds. The van der Waals surface area contributed by atoms with Crippen molar-refractivity contribution in [2.75, 3.05) is 5.32 Å². The predicted octanol–water partition coefficient (Wildman–Crippen LogP) is 4.54. The molecule has 0 atom stereocenters. The Balaban J connectivity index is 1.87. The maximum Gasteiger partial charge on any atom is 0.259 e. The number of ketones is 1. The molecule has 1 aromatic heterocycles. The molecule has 0 saturated carbocycles. The second-order valence-corrected chi connectivity index (χ2v) is 6.27. The number of amides is 1. The second kappa shape index (κ2) is 7.54. The topological polar surface area (TPSA) is 64.0 Å². The van der Waals surface area contributed by atoms with Crippen LogP contribution in [0.2, 0.25) is 5.02 Å². The molecule has 0 unspecified atom stereocenters. The van der Waals surface area contributed by atoms with Crippen molar-refractivity contribution in [3.05, 3.63) is 76.6 Å². The van der Waals surface area contributed by atoms with E-state index in [0.717, 1.165) is 11.4 Å². The van der Waals surface area contributed by atoms with Crippen molar-refractivity contribution in [1.29, 1.82) is 0 Å². The number of Topliss-reactive ketones (excluding diaryl/α,β-unsaturated/α-hetero) is 1. The number of rotatable bonds is 5. The summed E-state index contributed by atoms with van der Waals surface area (Å²) in [6.45, 7) is 3.47. The van der Waals surface area contributed by atoms with Crippen LogP contribution in [0.5, 0.6) is 0 Å². The van der Waals surface area contributed by atoms with E-state index in [1.807, 2.05) is 19.1 Å². The third-order valence-corrected chi connectivity index (χ3v) is 4.29. The van der Waals surface area contributed by atoms with Crippen molar-refractivity contribution in [3.8, 4) is 5.69 Å². The SMILES string of the molecule is CCc1c(C(=O)Nc2ccc(C(C)=O)cc2)cnn1-c1cccc(Cl)c1. The molecule has 3 aromatic rings. The average molecular weight is 368 g/mol. The van der Waals surface area contributed by atoms with Gasteiger partial charge >= 0.3 is 0 Å². The maximum absolute atomic E-state index is 12.7. The molecule has 1 N–H and O–H groups in total. The first-order valence-electron chi connectivity index (χ1n) is 8.24. The highest BCUT2D eigenvalue weighted by atomic mass is 35.5. The molecule has 0 saturated heterocycles. The third-order valence-electron chi connectivity index (χ3n) is 4.05. The fourth-order valence-electron chi connectivity index (χ4n) is 2.72. The lowest BCUT2D eigenvalue weighted by atomic mass is 10.1. The van der Waals surface area contributed by atoms with Gasteiger partial charge < -0.3 is 5.32 Å². The van der Waals surface area contributed by atoms with E-state index in [-0.39, 0.29) is 11.7 Å². The van der Waals surface area contributed by atoms with Crippen molar-refractivity contribution in [2.45, 2.75) is 20.3 Å². The number of carbonyl (C=O) groups is 2. The van der Waals surface area contributed by atoms with Gasteiger partial charge in [-0.05, 0) is 55.8 Å².